The third kappa shape index (κ3) is 3.53. The van der Waals surface area contributed by atoms with Gasteiger partial charge in [0, 0.05) is 6.04 Å². The second-order valence-corrected chi connectivity index (χ2v) is 6.52. The lowest BCUT2D eigenvalue weighted by Crippen LogP contribution is -2.20. The Kier molecular flexibility index (Phi) is 4.50. The second-order valence-electron chi connectivity index (χ2n) is 4.66. The van der Waals surface area contributed by atoms with Gasteiger partial charge in [-0.3, -0.25) is 0 Å². The van der Waals surface area contributed by atoms with Crippen molar-refractivity contribution in [1.82, 2.24) is 4.72 Å². The predicted molar refractivity (Wildman–Crippen MR) is 82.8 cm³/mol. The van der Waals surface area contributed by atoms with Gasteiger partial charge in [-0.2, -0.15) is 0 Å². The van der Waals surface area contributed by atoms with Gasteiger partial charge < -0.3 is 10.4 Å². The lowest BCUT2D eigenvalue weighted by Gasteiger charge is -2.18. The summed E-state index contributed by atoms with van der Waals surface area (Å²) in [5, 5.41) is 12.7. The van der Waals surface area contributed by atoms with E-state index < -0.39 is 10.0 Å². The van der Waals surface area contributed by atoms with Gasteiger partial charge in [0.25, 0.3) is 0 Å². The van der Waals surface area contributed by atoms with Gasteiger partial charge in [0.15, 0.2) is 0 Å². The number of sulfonamides is 1. The zero-order valence-electron chi connectivity index (χ0n) is 11.9. The fourth-order valence-electron chi connectivity index (χ4n) is 2.04. The smallest absolute Gasteiger partial charge is 0.242 e. The number of rotatable bonds is 5. The molecule has 1 unspecified atom stereocenters. The Hall–Kier alpha value is -2.05. The molecule has 0 saturated carbocycles. The highest BCUT2D eigenvalue weighted by Gasteiger charge is 2.17. The van der Waals surface area contributed by atoms with E-state index in [4.69, 9.17) is 0 Å². The lowest BCUT2D eigenvalue weighted by atomic mass is 10.1. The number of hydrogen-bond acceptors (Lipinski definition) is 4. The van der Waals surface area contributed by atoms with Crippen LogP contribution in [-0.4, -0.2) is 20.6 Å². The SMILES string of the molecule is CNS(=O)(=O)c1ccccc1NC(C)c1cccc(O)c1. The summed E-state index contributed by atoms with van der Waals surface area (Å²) >= 11 is 0. The maximum atomic E-state index is 12.0. The summed E-state index contributed by atoms with van der Waals surface area (Å²) < 4.78 is 26.3. The molecular weight excluding hydrogens is 288 g/mol. The summed E-state index contributed by atoms with van der Waals surface area (Å²) in [5.41, 5.74) is 1.38. The average molecular weight is 306 g/mol. The van der Waals surface area contributed by atoms with Crippen LogP contribution in [0.2, 0.25) is 0 Å². The Bertz CT molecular complexity index is 729. The number of phenols is 1. The van der Waals surface area contributed by atoms with E-state index in [-0.39, 0.29) is 16.7 Å². The van der Waals surface area contributed by atoms with Crippen molar-refractivity contribution in [3.8, 4) is 5.75 Å². The second kappa shape index (κ2) is 6.15. The van der Waals surface area contributed by atoms with Crippen LogP contribution in [0.25, 0.3) is 0 Å². The van der Waals surface area contributed by atoms with Crippen LogP contribution in [0.4, 0.5) is 5.69 Å². The van der Waals surface area contributed by atoms with Crippen LogP contribution in [0.1, 0.15) is 18.5 Å². The number of anilines is 1. The molecule has 1 atom stereocenters. The van der Waals surface area contributed by atoms with Crippen LogP contribution in [0.15, 0.2) is 53.4 Å². The van der Waals surface area contributed by atoms with Gasteiger partial charge in [-0.15, -0.1) is 0 Å². The Labute approximate surface area is 124 Å². The van der Waals surface area contributed by atoms with Crippen LogP contribution < -0.4 is 10.0 Å². The molecule has 0 aromatic heterocycles. The van der Waals surface area contributed by atoms with Gasteiger partial charge in [-0.25, -0.2) is 13.1 Å². The van der Waals surface area contributed by atoms with E-state index in [1.54, 1.807) is 42.5 Å². The molecule has 0 amide bonds. The molecule has 0 aliphatic rings. The van der Waals surface area contributed by atoms with Crippen molar-refractivity contribution in [3.05, 3.63) is 54.1 Å². The van der Waals surface area contributed by atoms with Crippen LogP contribution in [0.3, 0.4) is 0 Å². The molecule has 21 heavy (non-hydrogen) atoms. The van der Waals surface area contributed by atoms with E-state index in [2.05, 4.69) is 10.0 Å². The van der Waals surface area contributed by atoms with E-state index in [0.29, 0.717) is 5.69 Å². The van der Waals surface area contributed by atoms with Crippen molar-refractivity contribution < 1.29 is 13.5 Å². The molecule has 112 valence electrons. The van der Waals surface area contributed by atoms with Crippen LogP contribution in [0, 0.1) is 0 Å². The summed E-state index contributed by atoms with van der Waals surface area (Å²) in [6.45, 7) is 1.90. The third-order valence-corrected chi connectivity index (χ3v) is 4.66. The molecule has 0 radical (unpaired) electrons. The molecule has 0 spiro atoms. The molecular formula is C15H18N2O3S. The summed E-state index contributed by atoms with van der Waals surface area (Å²) in [7, 11) is -2.15. The molecule has 0 aliphatic carbocycles. The molecule has 2 aromatic rings. The Morgan fingerprint density at radius 1 is 1.10 bits per heavy atom. The highest BCUT2D eigenvalue weighted by atomic mass is 32.2. The van der Waals surface area contributed by atoms with Gasteiger partial charge in [0.1, 0.15) is 10.6 Å². The van der Waals surface area contributed by atoms with Crippen molar-refractivity contribution in [2.45, 2.75) is 17.9 Å². The van der Waals surface area contributed by atoms with Gasteiger partial charge in [-0.1, -0.05) is 24.3 Å². The molecule has 0 heterocycles. The van der Waals surface area contributed by atoms with Crippen molar-refractivity contribution >= 4 is 15.7 Å². The largest absolute Gasteiger partial charge is 0.508 e. The summed E-state index contributed by atoms with van der Waals surface area (Å²) in [5.74, 6) is 0.178. The number of benzene rings is 2. The van der Waals surface area contributed by atoms with Gasteiger partial charge in [0.2, 0.25) is 10.0 Å². The molecule has 0 saturated heterocycles. The topological polar surface area (TPSA) is 78.4 Å². The molecule has 2 rings (SSSR count). The number of hydrogen-bond donors (Lipinski definition) is 3. The number of para-hydroxylation sites is 1. The first-order valence-corrected chi connectivity index (χ1v) is 8.00. The summed E-state index contributed by atoms with van der Waals surface area (Å²) in [4.78, 5) is 0.194. The lowest BCUT2D eigenvalue weighted by molar-refractivity contribution is 0.474. The summed E-state index contributed by atoms with van der Waals surface area (Å²) in [6, 6.07) is 13.4. The number of phenolic OH excluding ortho intramolecular Hbond substituents is 1. The zero-order valence-corrected chi connectivity index (χ0v) is 12.7. The molecule has 0 fully saturated rings. The quantitative estimate of drug-likeness (QED) is 0.793. The van der Waals surface area contributed by atoms with E-state index in [1.807, 2.05) is 13.0 Å². The van der Waals surface area contributed by atoms with Gasteiger partial charge >= 0.3 is 0 Å². The van der Waals surface area contributed by atoms with E-state index in [0.717, 1.165) is 5.56 Å². The molecule has 2 aromatic carbocycles. The number of nitrogens with one attached hydrogen (secondary N) is 2. The van der Waals surface area contributed by atoms with Crippen LogP contribution >= 0.6 is 0 Å². The van der Waals surface area contributed by atoms with E-state index in [9.17, 15) is 13.5 Å². The maximum absolute atomic E-state index is 12.0. The fraction of sp³-hybridized carbons (Fsp3) is 0.200. The van der Waals surface area contributed by atoms with Crippen molar-refractivity contribution in [3.63, 3.8) is 0 Å². The first-order chi connectivity index (χ1) is 9.94. The molecule has 5 nitrogen and oxygen atoms in total. The predicted octanol–water partition coefficient (Wildman–Crippen LogP) is 2.47. The maximum Gasteiger partial charge on any atom is 0.242 e. The summed E-state index contributed by atoms with van der Waals surface area (Å²) in [6.07, 6.45) is 0. The van der Waals surface area contributed by atoms with E-state index in [1.165, 1.54) is 7.05 Å². The van der Waals surface area contributed by atoms with Crippen molar-refractivity contribution in [2.24, 2.45) is 0 Å². The minimum atomic E-state index is -3.53. The van der Waals surface area contributed by atoms with Gasteiger partial charge in [-0.05, 0) is 43.8 Å². The van der Waals surface area contributed by atoms with Crippen molar-refractivity contribution in [2.75, 3.05) is 12.4 Å². The molecule has 6 heteroatoms. The van der Waals surface area contributed by atoms with Crippen LogP contribution in [-0.2, 0) is 10.0 Å². The van der Waals surface area contributed by atoms with Crippen molar-refractivity contribution in [1.29, 1.82) is 0 Å². The average Bonchev–Trinajstić information content (AvgIpc) is 2.47. The Balaban J connectivity index is 2.32. The van der Waals surface area contributed by atoms with Gasteiger partial charge in [0.05, 0.1) is 5.69 Å². The minimum absolute atomic E-state index is 0.148. The fourth-order valence-corrected chi connectivity index (χ4v) is 2.94. The molecule has 0 aliphatic heterocycles. The molecule has 0 bridgehead atoms. The standard InChI is InChI=1S/C15H18N2O3S/c1-11(12-6-5-7-13(18)10-12)17-14-8-3-4-9-15(14)21(19,20)16-2/h3-11,16-18H,1-2H3. The Morgan fingerprint density at radius 2 is 1.81 bits per heavy atom. The highest BCUT2D eigenvalue weighted by molar-refractivity contribution is 7.89. The number of aromatic hydroxyl groups is 1. The normalized spacial score (nSPS) is 12.9. The first kappa shape index (κ1) is 15.3. The monoisotopic (exact) mass is 306 g/mol. The molecule has 3 N–H and O–H groups in total. The van der Waals surface area contributed by atoms with Crippen LogP contribution in [0.5, 0.6) is 5.75 Å². The van der Waals surface area contributed by atoms with E-state index >= 15 is 0 Å². The highest BCUT2D eigenvalue weighted by Crippen LogP contribution is 2.26. The first-order valence-electron chi connectivity index (χ1n) is 6.52. The zero-order chi connectivity index (χ0) is 15.5. The minimum Gasteiger partial charge on any atom is -0.508 e. The third-order valence-electron chi connectivity index (χ3n) is 3.19. The Morgan fingerprint density at radius 3 is 2.48 bits per heavy atom.